The number of esters is 1. The highest BCUT2D eigenvalue weighted by molar-refractivity contribution is 5.94. The zero-order chi connectivity index (χ0) is 17.4. The first-order valence-electron chi connectivity index (χ1n) is 6.99. The van der Waals surface area contributed by atoms with Gasteiger partial charge in [0.25, 0.3) is 11.6 Å². The van der Waals surface area contributed by atoms with Crippen LogP contribution in [0.25, 0.3) is 6.08 Å². The zero-order valence-electron chi connectivity index (χ0n) is 12.5. The van der Waals surface area contributed by atoms with E-state index < -0.39 is 23.4 Å². The first-order valence-corrected chi connectivity index (χ1v) is 6.99. The lowest BCUT2D eigenvalue weighted by Crippen LogP contribution is -2.20. The third kappa shape index (κ3) is 5.38. The van der Waals surface area contributed by atoms with Gasteiger partial charge in [-0.25, -0.2) is 4.79 Å². The molecule has 0 atom stereocenters. The zero-order valence-corrected chi connectivity index (χ0v) is 12.5. The van der Waals surface area contributed by atoms with Crippen LogP contribution in [0.1, 0.15) is 5.56 Å². The second-order valence-electron chi connectivity index (χ2n) is 4.70. The third-order valence-corrected chi connectivity index (χ3v) is 2.92. The van der Waals surface area contributed by atoms with Gasteiger partial charge in [-0.15, -0.1) is 0 Å². The third-order valence-electron chi connectivity index (χ3n) is 2.92. The molecule has 1 amide bonds. The van der Waals surface area contributed by atoms with Crippen LogP contribution < -0.4 is 5.32 Å². The minimum Gasteiger partial charge on any atom is -0.452 e. The number of para-hydroxylation sites is 1. The summed E-state index contributed by atoms with van der Waals surface area (Å²) < 4.78 is 4.81. The van der Waals surface area contributed by atoms with E-state index in [1.807, 2.05) is 6.07 Å². The van der Waals surface area contributed by atoms with Crippen molar-refractivity contribution in [3.8, 4) is 0 Å². The number of benzene rings is 2. The number of carbonyl (C=O) groups excluding carboxylic acids is 2. The second-order valence-corrected chi connectivity index (χ2v) is 4.70. The average molecular weight is 326 g/mol. The van der Waals surface area contributed by atoms with Gasteiger partial charge in [0.05, 0.1) is 4.92 Å². The topological polar surface area (TPSA) is 98.5 Å². The molecule has 0 aliphatic carbocycles. The molecular formula is C17H14N2O5. The first-order chi connectivity index (χ1) is 11.5. The van der Waals surface area contributed by atoms with Crippen LogP contribution >= 0.6 is 0 Å². The van der Waals surface area contributed by atoms with Crippen molar-refractivity contribution in [2.45, 2.75) is 0 Å². The average Bonchev–Trinajstić information content (AvgIpc) is 2.59. The Balaban J connectivity index is 1.80. The fourth-order valence-corrected chi connectivity index (χ4v) is 1.77. The number of nitro benzene ring substituents is 1. The number of non-ortho nitro benzene ring substituents is 1. The van der Waals surface area contributed by atoms with Gasteiger partial charge >= 0.3 is 5.97 Å². The summed E-state index contributed by atoms with van der Waals surface area (Å²) in [5.41, 5.74) is 1.18. The smallest absolute Gasteiger partial charge is 0.331 e. The fraction of sp³-hybridized carbons (Fsp3) is 0.0588. The lowest BCUT2D eigenvalue weighted by atomic mass is 10.2. The molecule has 1 N–H and O–H groups in total. The highest BCUT2D eigenvalue weighted by Gasteiger charge is 2.06. The van der Waals surface area contributed by atoms with E-state index >= 15 is 0 Å². The molecule has 0 radical (unpaired) electrons. The summed E-state index contributed by atoms with van der Waals surface area (Å²) in [6, 6.07) is 14.5. The molecule has 0 saturated carbocycles. The van der Waals surface area contributed by atoms with Crippen molar-refractivity contribution in [3.63, 3.8) is 0 Å². The van der Waals surface area contributed by atoms with Crippen LogP contribution in [-0.4, -0.2) is 23.4 Å². The van der Waals surface area contributed by atoms with E-state index in [4.69, 9.17) is 4.74 Å². The maximum absolute atomic E-state index is 11.6. The molecule has 0 saturated heterocycles. The number of hydrogen-bond acceptors (Lipinski definition) is 5. The Hall–Kier alpha value is -3.48. The largest absolute Gasteiger partial charge is 0.452 e. The van der Waals surface area contributed by atoms with E-state index in [0.717, 1.165) is 6.08 Å². The molecule has 0 aliphatic heterocycles. The molecular weight excluding hydrogens is 312 g/mol. The van der Waals surface area contributed by atoms with Crippen LogP contribution in [0, 0.1) is 10.1 Å². The number of ether oxygens (including phenoxy) is 1. The van der Waals surface area contributed by atoms with Crippen molar-refractivity contribution in [2.75, 3.05) is 11.9 Å². The fourth-order valence-electron chi connectivity index (χ4n) is 1.77. The van der Waals surface area contributed by atoms with Crippen LogP contribution in [0.3, 0.4) is 0 Å². The number of carbonyl (C=O) groups is 2. The maximum Gasteiger partial charge on any atom is 0.331 e. The van der Waals surface area contributed by atoms with Gasteiger partial charge in [0.1, 0.15) is 0 Å². The number of anilines is 1. The van der Waals surface area contributed by atoms with E-state index in [-0.39, 0.29) is 5.69 Å². The molecule has 2 aromatic carbocycles. The molecule has 0 bridgehead atoms. The highest BCUT2D eigenvalue weighted by atomic mass is 16.6. The van der Waals surface area contributed by atoms with Gasteiger partial charge in [-0.05, 0) is 35.9 Å². The molecule has 2 aromatic rings. The minimum atomic E-state index is -0.684. The SMILES string of the molecule is O=C(COC(=O)/C=C/c1ccc([N+](=O)[O-])cc1)Nc1ccccc1. The van der Waals surface area contributed by atoms with E-state index in [0.29, 0.717) is 11.3 Å². The van der Waals surface area contributed by atoms with Crippen molar-refractivity contribution in [1.82, 2.24) is 0 Å². The number of amides is 1. The summed E-state index contributed by atoms with van der Waals surface area (Å²) in [4.78, 5) is 33.2. The Morgan fingerprint density at radius 1 is 1.08 bits per heavy atom. The van der Waals surface area contributed by atoms with Gasteiger partial charge in [-0.3, -0.25) is 14.9 Å². The molecule has 0 aliphatic rings. The van der Waals surface area contributed by atoms with Crippen LogP contribution in [0.4, 0.5) is 11.4 Å². The van der Waals surface area contributed by atoms with Gasteiger partial charge in [-0.1, -0.05) is 18.2 Å². The molecule has 0 spiro atoms. The summed E-state index contributed by atoms with van der Waals surface area (Å²) in [6.07, 6.45) is 2.60. The van der Waals surface area contributed by atoms with Gasteiger partial charge in [0, 0.05) is 23.9 Å². The number of rotatable bonds is 6. The van der Waals surface area contributed by atoms with E-state index in [1.165, 1.54) is 30.3 Å². The summed E-state index contributed by atoms with van der Waals surface area (Å²) in [5.74, 6) is -1.13. The predicted octanol–water partition coefficient (Wildman–Crippen LogP) is 2.79. The minimum absolute atomic E-state index is 0.0349. The quantitative estimate of drug-likeness (QED) is 0.381. The van der Waals surface area contributed by atoms with Crippen molar-refractivity contribution >= 4 is 29.3 Å². The molecule has 2 rings (SSSR count). The van der Waals surface area contributed by atoms with E-state index in [9.17, 15) is 19.7 Å². The molecule has 0 fully saturated rings. The summed E-state index contributed by atoms with van der Waals surface area (Å²) in [7, 11) is 0. The highest BCUT2D eigenvalue weighted by Crippen LogP contribution is 2.12. The Bertz CT molecular complexity index is 754. The van der Waals surface area contributed by atoms with Crippen molar-refractivity contribution in [3.05, 3.63) is 76.4 Å². The van der Waals surface area contributed by atoms with Crippen LogP contribution in [0.15, 0.2) is 60.7 Å². The molecule has 122 valence electrons. The monoisotopic (exact) mass is 326 g/mol. The molecule has 7 heteroatoms. The summed E-state index contributed by atoms with van der Waals surface area (Å²) >= 11 is 0. The van der Waals surface area contributed by atoms with E-state index in [1.54, 1.807) is 24.3 Å². The molecule has 24 heavy (non-hydrogen) atoms. The number of nitrogens with one attached hydrogen (secondary N) is 1. The number of nitro groups is 1. The normalized spacial score (nSPS) is 10.3. The molecule has 0 unspecified atom stereocenters. The number of hydrogen-bond donors (Lipinski definition) is 1. The second kappa shape index (κ2) is 8.23. The summed E-state index contributed by atoms with van der Waals surface area (Å²) in [6.45, 7) is -0.404. The number of nitrogens with zero attached hydrogens (tertiary/aromatic N) is 1. The molecule has 7 nitrogen and oxygen atoms in total. The van der Waals surface area contributed by atoms with Crippen molar-refractivity contribution in [2.24, 2.45) is 0 Å². The van der Waals surface area contributed by atoms with Crippen molar-refractivity contribution < 1.29 is 19.2 Å². The van der Waals surface area contributed by atoms with Gasteiger partial charge < -0.3 is 10.1 Å². The van der Waals surface area contributed by atoms with Crippen molar-refractivity contribution in [1.29, 1.82) is 0 Å². The van der Waals surface area contributed by atoms with Crippen LogP contribution in [0.5, 0.6) is 0 Å². The Labute approximate surface area is 137 Å². The lowest BCUT2D eigenvalue weighted by Gasteiger charge is -2.04. The lowest BCUT2D eigenvalue weighted by molar-refractivity contribution is -0.384. The van der Waals surface area contributed by atoms with Crippen LogP contribution in [0.2, 0.25) is 0 Å². The van der Waals surface area contributed by atoms with Gasteiger partial charge in [-0.2, -0.15) is 0 Å². The Kier molecular flexibility index (Phi) is 5.79. The summed E-state index contributed by atoms with van der Waals surface area (Å²) in [5, 5.41) is 13.1. The van der Waals surface area contributed by atoms with Crippen LogP contribution in [-0.2, 0) is 14.3 Å². The van der Waals surface area contributed by atoms with Gasteiger partial charge in [0.2, 0.25) is 0 Å². The first kappa shape index (κ1) is 16.9. The Morgan fingerprint density at radius 3 is 2.38 bits per heavy atom. The molecule has 0 aromatic heterocycles. The Morgan fingerprint density at radius 2 is 1.75 bits per heavy atom. The van der Waals surface area contributed by atoms with E-state index in [2.05, 4.69) is 5.32 Å². The van der Waals surface area contributed by atoms with Gasteiger partial charge in [0.15, 0.2) is 6.61 Å². The molecule has 0 heterocycles. The maximum atomic E-state index is 11.6. The predicted molar refractivity (Wildman–Crippen MR) is 88.2 cm³/mol. The standard InChI is InChI=1S/C17H14N2O5/c20-16(18-14-4-2-1-3-5-14)12-24-17(21)11-8-13-6-9-15(10-7-13)19(22)23/h1-11H,12H2,(H,18,20)/b11-8+.